The van der Waals surface area contributed by atoms with Crippen LogP contribution < -0.4 is 5.32 Å². The fourth-order valence-electron chi connectivity index (χ4n) is 2.27. The molecule has 0 spiro atoms. The van der Waals surface area contributed by atoms with Gasteiger partial charge >= 0.3 is 0 Å². The fourth-order valence-corrected chi connectivity index (χ4v) is 3.12. The Morgan fingerprint density at radius 3 is 2.61 bits per heavy atom. The zero-order chi connectivity index (χ0) is 12.8. The van der Waals surface area contributed by atoms with Gasteiger partial charge in [0.1, 0.15) is 0 Å². The minimum Gasteiger partial charge on any atom is -0.353 e. The Kier molecular flexibility index (Phi) is 5.12. The quantitative estimate of drug-likeness (QED) is 0.823. The van der Waals surface area contributed by atoms with Gasteiger partial charge in [-0.2, -0.15) is 0 Å². The maximum absolute atomic E-state index is 11.7. The first-order valence-electron chi connectivity index (χ1n) is 6.73. The summed E-state index contributed by atoms with van der Waals surface area (Å²) in [6.07, 6.45) is 5.48. The first-order valence-corrected chi connectivity index (χ1v) is 7.71. The second kappa shape index (κ2) is 6.83. The summed E-state index contributed by atoms with van der Waals surface area (Å²) in [5, 5.41) is 3.12. The van der Waals surface area contributed by atoms with Gasteiger partial charge in [0.15, 0.2) is 0 Å². The highest BCUT2D eigenvalue weighted by Crippen LogP contribution is 2.20. The predicted molar refractivity (Wildman–Crippen MR) is 76.9 cm³/mol. The molecule has 1 aliphatic rings. The van der Waals surface area contributed by atoms with Gasteiger partial charge in [0.05, 0.1) is 0 Å². The molecule has 0 aliphatic heterocycles. The number of amides is 1. The molecule has 1 N–H and O–H groups in total. The van der Waals surface area contributed by atoms with Crippen molar-refractivity contribution in [3.8, 4) is 0 Å². The number of aryl methyl sites for hydroxylation is 1. The van der Waals surface area contributed by atoms with Gasteiger partial charge in [0.25, 0.3) is 0 Å². The molecule has 0 unspecified atom stereocenters. The van der Waals surface area contributed by atoms with E-state index in [1.165, 1.54) is 23.3 Å². The van der Waals surface area contributed by atoms with Gasteiger partial charge in [0.2, 0.25) is 5.91 Å². The smallest absolute Gasteiger partial charge is 0.221 e. The Labute approximate surface area is 114 Å². The lowest BCUT2D eigenvalue weighted by atomic mass is 10.2. The Bertz CT molecular complexity index is 382. The van der Waals surface area contributed by atoms with E-state index in [1.807, 2.05) is 0 Å². The number of carbonyl (C=O) groups is 1. The van der Waals surface area contributed by atoms with Crippen molar-refractivity contribution in [2.45, 2.75) is 50.0 Å². The standard InChI is InChI=1S/C15H21NOS/c1-12-6-8-14(9-7-12)18-11-10-15(17)16-13-4-2-3-5-13/h6-9,13H,2-5,10-11H2,1H3,(H,16,17). The van der Waals surface area contributed by atoms with Gasteiger partial charge in [-0.3, -0.25) is 4.79 Å². The zero-order valence-electron chi connectivity index (χ0n) is 10.9. The van der Waals surface area contributed by atoms with E-state index in [2.05, 4.69) is 36.5 Å². The molecule has 0 saturated heterocycles. The Hall–Kier alpha value is -0.960. The van der Waals surface area contributed by atoms with Gasteiger partial charge in [-0.15, -0.1) is 11.8 Å². The van der Waals surface area contributed by atoms with E-state index in [9.17, 15) is 4.79 Å². The van der Waals surface area contributed by atoms with Crippen LogP contribution in [-0.4, -0.2) is 17.7 Å². The Morgan fingerprint density at radius 2 is 1.94 bits per heavy atom. The zero-order valence-corrected chi connectivity index (χ0v) is 11.8. The number of rotatable bonds is 5. The van der Waals surface area contributed by atoms with E-state index in [4.69, 9.17) is 0 Å². The van der Waals surface area contributed by atoms with Crippen molar-refractivity contribution in [1.82, 2.24) is 5.32 Å². The van der Waals surface area contributed by atoms with Crippen molar-refractivity contribution in [2.75, 3.05) is 5.75 Å². The van der Waals surface area contributed by atoms with E-state index in [0.29, 0.717) is 12.5 Å². The first kappa shape index (κ1) is 13.5. The highest BCUT2D eigenvalue weighted by molar-refractivity contribution is 7.99. The molecule has 0 heterocycles. The van der Waals surface area contributed by atoms with E-state index in [1.54, 1.807) is 11.8 Å². The summed E-state index contributed by atoms with van der Waals surface area (Å²) in [5.74, 6) is 1.07. The van der Waals surface area contributed by atoms with E-state index >= 15 is 0 Å². The van der Waals surface area contributed by atoms with Crippen LogP contribution in [0.15, 0.2) is 29.2 Å². The first-order chi connectivity index (χ1) is 8.74. The fraction of sp³-hybridized carbons (Fsp3) is 0.533. The molecule has 0 aromatic heterocycles. The molecular weight excluding hydrogens is 242 g/mol. The lowest BCUT2D eigenvalue weighted by Crippen LogP contribution is -2.32. The highest BCUT2D eigenvalue weighted by Gasteiger charge is 2.16. The molecule has 2 nitrogen and oxygen atoms in total. The summed E-state index contributed by atoms with van der Waals surface area (Å²) in [4.78, 5) is 13.0. The summed E-state index contributed by atoms with van der Waals surface area (Å²) in [6, 6.07) is 8.91. The second-order valence-electron chi connectivity index (χ2n) is 4.96. The summed E-state index contributed by atoms with van der Waals surface area (Å²) in [6.45, 7) is 2.09. The third-order valence-corrected chi connectivity index (χ3v) is 4.35. The summed E-state index contributed by atoms with van der Waals surface area (Å²) >= 11 is 1.75. The number of thioether (sulfide) groups is 1. The molecule has 1 fully saturated rings. The van der Waals surface area contributed by atoms with Crippen LogP contribution in [0.1, 0.15) is 37.7 Å². The van der Waals surface area contributed by atoms with Crippen molar-refractivity contribution in [3.63, 3.8) is 0 Å². The molecule has 0 radical (unpaired) electrons. The molecule has 0 bridgehead atoms. The molecule has 1 amide bonds. The van der Waals surface area contributed by atoms with Crippen LogP contribution in [0.4, 0.5) is 0 Å². The number of benzene rings is 1. The van der Waals surface area contributed by atoms with E-state index in [0.717, 1.165) is 18.6 Å². The topological polar surface area (TPSA) is 29.1 Å². The van der Waals surface area contributed by atoms with Gasteiger partial charge in [-0.25, -0.2) is 0 Å². The van der Waals surface area contributed by atoms with Crippen molar-refractivity contribution in [2.24, 2.45) is 0 Å². The van der Waals surface area contributed by atoms with E-state index < -0.39 is 0 Å². The van der Waals surface area contributed by atoms with Crippen LogP contribution in [0.2, 0.25) is 0 Å². The number of nitrogens with one attached hydrogen (secondary N) is 1. The molecule has 18 heavy (non-hydrogen) atoms. The van der Waals surface area contributed by atoms with Gasteiger partial charge in [-0.1, -0.05) is 30.5 Å². The van der Waals surface area contributed by atoms with Crippen molar-refractivity contribution < 1.29 is 4.79 Å². The summed E-state index contributed by atoms with van der Waals surface area (Å²) < 4.78 is 0. The molecule has 1 saturated carbocycles. The van der Waals surface area contributed by atoms with Gasteiger partial charge in [0, 0.05) is 23.1 Å². The van der Waals surface area contributed by atoms with Crippen LogP contribution in [0.25, 0.3) is 0 Å². The third kappa shape index (κ3) is 4.37. The third-order valence-electron chi connectivity index (χ3n) is 3.34. The molecular formula is C15H21NOS. The molecule has 2 rings (SSSR count). The van der Waals surface area contributed by atoms with Gasteiger partial charge in [-0.05, 0) is 31.9 Å². The average Bonchev–Trinajstić information content (AvgIpc) is 2.84. The van der Waals surface area contributed by atoms with Crippen LogP contribution in [-0.2, 0) is 4.79 Å². The predicted octanol–water partition coefficient (Wildman–Crippen LogP) is 3.54. The summed E-state index contributed by atoms with van der Waals surface area (Å²) in [5.41, 5.74) is 1.28. The SMILES string of the molecule is Cc1ccc(SCCC(=O)NC2CCCC2)cc1. The maximum atomic E-state index is 11.7. The second-order valence-corrected chi connectivity index (χ2v) is 6.13. The van der Waals surface area contributed by atoms with E-state index in [-0.39, 0.29) is 5.91 Å². The van der Waals surface area contributed by atoms with Crippen molar-refractivity contribution >= 4 is 17.7 Å². The van der Waals surface area contributed by atoms with Crippen molar-refractivity contribution in [1.29, 1.82) is 0 Å². The van der Waals surface area contributed by atoms with Crippen LogP contribution >= 0.6 is 11.8 Å². The molecule has 1 aromatic rings. The minimum atomic E-state index is 0.210. The highest BCUT2D eigenvalue weighted by atomic mass is 32.2. The number of hydrogen-bond acceptors (Lipinski definition) is 2. The molecule has 98 valence electrons. The Balaban J connectivity index is 1.65. The van der Waals surface area contributed by atoms with Crippen LogP contribution in [0.5, 0.6) is 0 Å². The van der Waals surface area contributed by atoms with Crippen LogP contribution in [0, 0.1) is 6.92 Å². The largest absolute Gasteiger partial charge is 0.353 e. The lowest BCUT2D eigenvalue weighted by Gasteiger charge is -2.11. The average molecular weight is 263 g/mol. The number of carbonyl (C=O) groups excluding carboxylic acids is 1. The maximum Gasteiger partial charge on any atom is 0.221 e. The van der Waals surface area contributed by atoms with Gasteiger partial charge < -0.3 is 5.32 Å². The monoisotopic (exact) mass is 263 g/mol. The molecule has 1 aliphatic carbocycles. The minimum absolute atomic E-state index is 0.210. The van der Waals surface area contributed by atoms with Crippen LogP contribution in [0.3, 0.4) is 0 Å². The van der Waals surface area contributed by atoms with Crippen molar-refractivity contribution in [3.05, 3.63) is 29.8 Å². The lowest BCUT2D eigenvalue weighted by molar-refractivity contribution is -0.121. The normalized spacial score (nSPS) is 15.8. The number of hydrogen-bond donors (Lipinski definition) is 1. The molecule has 1 aromatic carbocycles. The Morgan fingerprint density at radius 1 is 1.28 bits per heavy atom. The summed E-state index contributed by atoms with van der Waals surface area (Å²) in [7, 11) is 0. The molecule has 0 atom stereocenters. The molecule has 3 heteroatoms.